The van der Waals surface area contributed by atoms with Crippen molar-refractivity contribution in [3.63, 3.8) is 0 Å². The zero-order chi connectivity index (χ0) is 27.9. The van der Waals surface area contributed by atoms with Gasteiger partial charge in [0.15, 0.2) is 5.78 Å². The molecule has 4 nitrogen and oxygen atoms in total. The number of carbonyl (C=O) groups is 2. The number of likely N-dealkylation sites (tertiary alicyclic amines) is 1. The predicted molar refractivity (Wildman–Crippen MR) is 162 cm³/mol. The van der Waals surface area contributed by atoms with E-state index in [1.165, 1.54) is 56.1 Å². The molecule has 208 valence electrons. The maximum Gasteiger partial charge on any atom is 0.265 e. The molecule has 3 aromatic carbocycles. The van der Waals surface area contributed by atoms with Gasteiger partial charge in [0.1, 0.15) is 5.82 Å². The van der Waals surface area contributed by atoms with Crippen LogP contribution in [0.1, 0.15) is 73.4 Å². The van der Waals surface area contributed by atoms with Gasteiger partial charge in [-0.15, -0.1) is 0 Å². The first-order valence-electron chi connectivity index (χ1n) is 14.4. The number of thioether (sulfide) groups is 1. The Hall–Kier alpha value is -3.22. The van der Waals surface area contributed by atoms with Crippen LogP contribution in [0.3, 0.4) is 0 Å². The summed E-state index contributed by atoms with van der Waals surface area (Å²) < 4.78 is 13.6. The van der Waals surface area contributed by atoms with Crippen LogP contribution in [0.2, 0.25) is 0 Å². The number of ketones is 1. The molecule has 0 radical (unpaired) electrons. The number of amides is 1. The van der Waals surface area contributed by atoms with E-state index in [1.807, 2.05) is 54.6 Å². The van der Waals surface area contributed by atoms with Gasteiger partial charge in [-0.25, -0.2) is 4.39 Å². The fourth-order valence-electron chi connectivity index (χ4n) is 5.68. The predicted octanol–water partition coefficient (Wildman–Crippen LogP) is 8.12. The monoisotopic (exact) mass is 556 g/mol. The maximum atomic E-state index is 13.7. The minimum absolute atomic E-state index is 0.110. The second-order valence-electron chi connectivity index (χ2n) is 10.7. The highest BCUT2D eigenvalue weighted by Crippen LogP contribution is 2.43. The molecule has 0 N–H and O–H groups in total. The highest BCUT2D eigenvalue weighted by Gasteiger charge is 2.30. The number of unbranched alkanes of at least 4 members (excludes halogenated alkanes) is 1. The fourth-order valence-corrected chi connectivity index (χ4v) is 6.71. The average molecular weight is 557 g/mol. The van der Waals surface area contributed by atoms with Crippen molar-refractivity contribution >= 4 is 35.2 Å². The summed E-state index contributed by atoms with van der Waals surface area (Å²) in [4.78, 5) is 32.8. The number of halogens is 1. The van der Waals surface area contributed by atoms with Gasteiger partial charge in [-0.05, 0) is 86.7 Å². The smallest absolute Gasteiger partial charge is 0.265 e. The third kappa shape index (κ3) is 6.91. The van der Waals surface area contributed by atoms with Crippen molar-refractivity contribution in [3.05, 3.63) is 100 Å². The third-order valence-corrected chi connectivity index (χ3v) is 9.00. The first-order chi connectivity index (χ1) is 19.5. The zero-order valence-corrected chi connectivity index (χ0v) is 24.0. The quantitative estimate of drug-likeness (QED) is 0.144. The van der Waals surface area contributed by atoms with Gasteiger partial charge in [-0.2, -0.15) is 0 Å². The van der Waals surface area contributed by atoms with Crippen LogP contribution in [0.5, 0.6) is 0 Å². The molecule has 1 saturated heterocycles. The Balaban J connectivity index is 1.32. The van der Waals surface area contributed by atoms with Crippen LogP contribution in [-0.2, 0) is 11.3 Å². The van der Waals surface area contributed by atoms with E-state index in [9.17, 15) is 14.0 Å². The number of carbonyl (C=O) groups excluding carboxylic acids is 2. The molecule has 1 atom stereocenters. The number of fused-ring (bicyclic) bond motifs is 1. The fraction of sp³-hybridized carbons (Fsp3) is 0.353. The van der Waals surface area contributed by atoms with Crippen molar-refractivity contribution in [3.8, 4) is 0 Å². The van der Waals surface area contributed by atoms with Gasteiger partial charge in [0.2, 0.25) is 0 Å². The molecule has 5 rings (SSSR count). The Bertz CT molecular complexity index is 1360. The summed E-state index contributed by atoms with van der Waals surface area (Å²) in [5.74, 6) is -0.326. The molecule has 2 aliphatic heterocycles. The number of hydrogen-bond donors (Lipinski definition) is 0. The highest BCUT2D eigenvalue weighted by atomic mass is 32.2. The second-order valence-corrected chi connectivity index (χ2v) is 11.8. The molecule has 3 aromatic rings. The largest absolute Gasteiger partial charge is 0.302 e. The normalized spacial score (nSPS) is 18.6. The number of piperidine rings is 1. The van der Waals surface area contributed by atoms with Gasteiger partial charge in [0, 0.05) is 22.9 Å². The molecule has 2 heterocycles. The standard InChI is InChI=1S/C34H37FN2O2S/c1-2-29-12-6-8-20-36(29)21-9-7-13-31(38)27-16-19-32-30(23-27)37(24-26-14-17-28(35)18-15-26)34(39)33(40-32)22-25-10-4-3-5-11-25/h3-5,10-11,14-19,22-23,29H,2,6-9,12-13,20-21,24H2,1H3/b33-22-. The molecular formula is C34H37FN2O2S. The van der Waals surface area contributed by atoms with Gasteiger partial charge in [-0.1, -0.05) is 73.6 Å². The lowest BCUT2D eigenvalue weighted by Crippen LogP contribution is -2.39. The van der Waals surface area contributed by atoms with E-state index >= 15 is 0 Å². The maximum absolute atomic E-state index is 13.7. The van der Waals surface area contributed by atoms with E-state index in [-0.39, 0.29) is 17.5 Å². The van der Waals surface area contributed by atoms with Crippen molar-refractivity contribution in [1.29, 1.82) is 0 Å². The molecule has 1 unspecified atom stereocenters. The lowest BCUT2D eigenvalue weighted by molar-refractivity contribution is -0.114. The van der Waals surface area contributed by atoms with Crippen LogP contribution in [0, 0.1) is 5.82 Å². The van der Waals surface area contributed by atoms with Crippen LogP contribution in [0.25, 0.3) is 6.08 Å². The van der Waals surface area contributed by atoms with Crippen LogP contribution >= 0.6 is 11.8 Å². The van der Waals surface area contributed by atoms with Crippen molar-refractivity contribution in [2.75, 3.05) is 18.0 Å². The van der Waals surface area contributed by atoms with Crippen molar-refractivity contribution in [1.82, 2.24) is 4.90 Å². The Morgan fingerprint density at radius 3 is 2.60 bits per heavy atom. The number of benzene rings is 3. The van der Waals surface area contributed by atoms with Crippen LogP contribution in [0.15, 0.2) is 82.6 Å². The SMILES string of the molecule is CCC1CCCCN1CCCCC(=O)c1ccc2c(c1)N(Cc1ccc(F)cc1)C(=O)/C(=C/c1ccccc1)S2. The summed E-state index contributed by atoms with van der Waals surface area (Å²) in [5.41, 5.74) is 3.14. The van der Waals surface area contributed by atoms with Gasteiger partial charge in [0.25, 0.3) is 5.91 Å². The summed E-state index contributed by atoms with van der Waals surface area (Å²) in [6.45, 7) is 4.80. The van der Waals surface area contributed by atoms with Gasteiger partial charge >= 0.3 is 0 Å². The van der Waals surface area contributed by atoms with E-state index < -0.39 is 0 Å². The van der Waals surface area contributed by atoms with Crippen LogP contribution < -0.4 is 4.90 Å². The van der Waals surface area contributed by atoms with Crippen molar-refractivity contribution < 1.29 is 14.0 Å². The molecule has 0 spiro atoms. The third-order valence-electron chi connectivity index (χ3n) is 7.92. The van der Waals surface area contributed by atoms with Gasteiger partial charge < -0.3 is 9.80 Å². The molecule has 0 saturated carbocycles. The molecule has 0 aliphatic carbocycles. The Morgan fingerprint density at radius 1 is 1.02 bits per heavy atom. The number of nitrogens with zero attached hydrogens (tertiary/aromatic N) is 2. The summed E-state index contributed by atoms with van der Waals surface area (Å²) >= 11 is 1.43. The van der Waals surface area contributed by atoms with E-state index in [1.54, 1.807) is 17.0 Å². The summed E-state index contributed by atoms with van der Waals surface area (Å²) in [7, 11) is 0. The van der Waals surface area contributed by atoms with Gasteiger partial charge in [0.05, 0.1) is 17.1 Å². The van der Waals surface area contributed by atoms with E-state index in [4.69, 9.17) is 0 Å². The first-order valence-corrected chi connectivity index (χ1v) is 15.3. The number of anilines is 1. The Labute approximate surface area is 241 Å². The Kier molecular flexibility index (Phi) is 9.50. The van der Waals surface area contributed by atoms with Gasteiger partial charge in [-0.3, -0.25) is 9.59 Å². The molecule has 40 heavy (non-hydrogen) atoms. The highest BCUT2D eigenvalue weighted by molar-refractivity contribution is 8.04. The van der Waals surface area contributed by atoms with E-state index in [2.05, 4.69) is 11.8 Å². The number of rotatable bonds is 10. The lowest BCUT2D eigenvalue weighted by atomic mass is 9.99. The average Bonchev–Trinajstić information content (AvgIpc) is 2.99. The van der Waals surface area contributed by atoms with Crippen molar-refractivity contribution in [2.45, 2.75) is 69.4 Å². The second kappa shape index (κ2) is 13.4. The van der Waals surface area contributed by atoms with E-state index in [0.717, 1.165) is 41.1 Å². The number of hydrogen-bond acceptors (Lipinski definition) is 4. The minimum Gasteiger partial charge on any atom is -0.302 e. The van der Waals surface area contributed by atoms with Crippen LogP contribution in [0.4, 0.5) is 10.1 Å². The molecule has 0 bridgehead atoms. The lowest BCUT2D eigenvalue weighted by Gasteiger charge is -2.35. The minimum atomic E-state index is -0.312. The zero-order valence-electron chi connectivity index (χ0n) is 23.2. The van der Waals surface area contributed by atoms with E-state index in [0.29, 0.717) is 29.5 Å². The van der Waals surface area contributed by atoms with Crippen LogP contribution in [-0.4, -0.2) is 35.7 Å². The molecule has 1 fully saturated rings. The summed E-state index contributed by atoms with van der Waals surface area (Å²) in [6.07, 6.45) is 9.37. The molecule has 1 amide bonds. The molecule has 2 aliphatic rings. The van der Waals surface area contributed by atoms with Crippen molar-refractivity contribution in [2.24, 2.45) is 0 Å². The first kappa shape index (κ1) is 28.3. The summed E-state index contributed by atoms with van der Waals surface area (Å²) in [5, 5.41) is 0. The number of Topliss-reactive ketones (excluding diaryl/α,β-unsaturated/α-hetero) is 1. The molecule has 0 aromatic heterocycles. The summed E-state index contributed by atoms with van der Waals surface area (Å²) in [6, 6.07) is 22.4. The topological polar surface area (TPSA) is 40.6 Å². The molecule has 6 heteroatoms. The molecular weight excluding hydrogens is 519 g/mol. The Morgan fingerprint density at radius 2 is 1.82 bits per heavy atom.